The molecule has 2 N–H and O–H groups in total. The molecule has 6 heteroatoms. The summed E-state index contributed by atoms with van der Waals surface area (Å²) < 4.78 is 0. The summed E-state index contributed by atoms with van der Waals surface area (Å²) in [6.07, 6.45) is 2.85. The van der Waals surface area contributed by atoms with Crippen molar-refractivity contribution in [2.75, 3.05) is 5.32 Å². The highest BCUT2D eigenvalue weighted by Gasteiger charge is 2.04. The van der Waals surface area contributed by atoms with Crippen molar-refractivity contribution in [3.05, 3.63) is 53.2 Å². The highest BCUT2D eigenvalue weighted by atomic mass is 16.1. The molecule has 88 valence electrons. The molecule has 0 aliphatic heterocycles. The monoisotopic (exact) mass is 239 g/mol. The molecule has 18 heavy (non-hydrogen) atoms. The third-order valence-electron chi connectivity index (χ3n) is 2.40. The molecule has 6 nitrogen and oxygen atoms in total. The number of aromatic nitrogens is 4. The van der Waals surface area contributed by atoms with Gasteiger partial charge in [0.1, 0.15) is 5.82 Å². The molecule has 1 aromatic carbocycles. The molecule has 0 saturated carbocycles. The van der Waals surface area contributed by atoms with Gasteiger partial charge in [0, 0.05) is 5.69 Å². The molecule has 3 aromatic rings. The lowest BCUT2D eigenvalue weighted by atomic mass is 10.3. The Morgan fingerprint density at radius 2 is 1.94 bits per heavy atom. The molecular weight excluding hydrogens is 230 g/mol. The predicted octanol–water partition coefficient (Wildman–Crippen LogP) is 1.46. The van der Waals surface area contributed by atoms with Gasteiger partial charge in [-0.05, 0) is 12.1 Å². The highest BCUT2D eigenvalue weighted by molar-refractivity contribution is 5.70. The smallest absolute Gasteiger partial charge is 0.278 e. The Bertz CT molecular complexity index is 738. The first-order valence-electron chi connectivity index (χ1n) is 5.35. The molecule has 0 saturated heterocycles. The number of fused-ring (bicyclic) bond motifs is 1. The van der Waals surface area contributed by atoms with Gasteiger partial charge >= 0.3 is 0 Å². The molecule has 0 aliphatic carbocycles. The molecule has 0 radical (unpaired) electrons. The molecule has 0 bridgehead atoms. The molecule has 0 amide bonds. The van der Waals surface area contributed by atoms with E-state index in [-0.39, 0.29) is 11.1 Å². The zero-order valence-electron chi connectivity index (χ0n) is 9.29. The first-order valence-corrected chi connectivity index (χ1v) is 5.35. The third kappa shape index (κ3) is 1.91. The average molecular weight is 239 g/mol. The van der Waals surface area contributed by atoms with E-state index in [0.29, 0.717) is 11.5 Å². The van der Waals surface area contributed by atoms with Crippen LogP contribution in [-0.4, -0.2) is 19.9 Å². The van der Waals surface area contributed by atoms with Crippen molar-refractivity contribution >= 4 is 22.7 Å². The van der Waals surface area contributed by atoms with Crippen molar-refractivity contribution in [1.29, 1.82) is 0 Å². The van der Waals surface area contributed by atoms with Crippen molar-refractivity contribution < 1.29 is 0 Å². The summed E-state index contributed by atoms with van der Waals surface area (Å²) in [5.74, 6) is 0.507. The number of rotatable bonds is 2. The van der Waals surface area contributed by atoms with Crippen LogP contribution in [0.15, 0.2) is 47.7 Å². The summed E-state index contributed by atoms with van der Waals surface area (Å²) in [6.45, 7) is 0. The number of hydrogen-bond donors (Lipinski definition) is 2. The van der Waals surface area contributed by atoms with Gasteiger partial charge < -0.3 is 10.3 Å². The summed E-state index contributed by atoms with van der Waals surface area (Å²) in [7, 11) is 0. The zero-order valence-corrected chi connectivity index (χ0v) is 9.29. The number of nitrogens with one attached hydrogen (secondary N) is 2. The van der Waals surface area contributed by atoms with Crippen LogP contribution in [0.4, 0.5) is 11.5 Å². The normalized spacial score (nSPS) is 10.4. The lowest BCUT2D eigenvalue weighted by Crippen LogP contribution is -2.10. The van der Waals surface area contributed by atoms with Crippen molar-refractivity contribution in [2.45, 2.75) is 0 Å². The molecule has 3 rings (SSSR count). The maximum absolute atomic E-state index is 11.6. The number of nitrogens with zero attached hydrogens (tertiary/aromatic N) is 3. The lowest BCUT2D eigenvalue weighted by molar-refractivity contribution is 1.11. The molecule has 0 spiro atoms. The predicted molar refractivity (Wildman–Crippen MR) is 67.7 cm³/mol. The SMILES string of the molecule is O=c1[nH]cnc2ncc(Nc3ccccc3)nc12. The number of para-hydroxylation sites is 1. The topological polar surface area (TPSA) is 83.6 Å². The van der Waals surface area contributed by atoms with Crippen LogP contribution in [0.2, 0.25) is 0 Å². The fraction of sp³-hybridized carbons (Fsp3) is 0. The molecule has 2 aromatic heterocycles. The Balaban J connectivity index is 2.04. The molecule has 0 atom stereocenters. The largest absolute Gasteiger partial charge is 0.339 e. The van der Waals surface area contributed by atoms with E-state index in [9.17, 15) is 4.79 Å². The first-order chi connectivity index (χ1) is 8.83. The average Bonchev–Trinajstić information content (AvgIpc) is 2.41. The second-order valence-corrected chi connectivity index (χ2v) is 3.65. The van der Waals surface area contributed by atoms with Crippen molar-refractivity contribution in [1.82, 2.24) is 19.9 Å². The minimum atomic E-state index is -0.302. The van der Waals surface area contributed by atoms with Gasteiger partial charge in [-0.15, -0.1) is 0 Å². The standard InChI is InChI=1S/C12H9N5O/c18-12-10-11(14-7-15-12)13-6-9(17-10)16-8-4-2-1-3-5-8/h1-7H,(H,16,17)(H,13,14,15,18). The van der Waals surface area contributed by atoms with Crippen LogP contribution in [0.3, 0.4) is 0 Å². The zero-order chi connectivity index (χ0) is 12.4. The van der Waals surface area contributed by atoms with Gasteiger partial charge in [0.2, 0.25) is 0 Å². The Morgan fingerprint density at radius 1 is 1.11 bits per heavy atom. The van der Waals surface area contributed by atoms with E-state index >= 15 is 0 Å². The Kier molecular flexibility index (Phi) is 2.45. The second kappa shape index (κ2) is 4.25. The van der Waals surface area contributed by atoms with E-state index in [4.69, 9.17) is 0 Å². The van der Waals surface area contributed by atoms with E-state index in [1.165, 1.54) is 6.33 Å². The number of benzene rings is 1. The van der Waals surface area contributed by atoms with E-state index < -0.39 is 0 Å². The van der Waals surface area contributed by atoms with Crippen molar-refractivity contribution in [2.24, 2.45) is 0 Å². The van der Waals surface area contributed by atoms with E-state index in [2.05, 4.69) is 25.3 Å². The number of H-pyrrole nitrogens is 1. The molecule has 2 heterocycles. The Labute approximate surface area is 102 Å². The van der Waals surface area contributed by atoms with E-state index in [1.54, 1.807) is 6.20 Å². The van der Waals surface area contributed by atoms with Gasteiger partial charge in [0.25, 0.3) is 5.56 Å². The van der Waals surface area contributed by atoms with E-state index in [0.717, 1.165) is 5.69 Å². The maximum atomic E-state index is 11.6. The maximum Gasteiger partial charge on any atom is 0.278 e. The minimum absolute atomic E-state index is 0.221. The number of anilines is 2. The fourth-order valence-electron chi connectivity index (χ4n) is 1.58. The van der Waals surface area contributed by atoms with Crippen LogP contribution >= 0.6 is 0 Å². The van der Waals surface area contributed by atoms with Gasteiger partial charge in [-0.3, -0.25) is 4.79 Å². The molecule has 0 aliphatic rings. The lowest BCUT2D eigenvalue weighted by Gasteiger charge is -2.04. The quantitative estimate of drug-likeness (QED) is 0.707. The van der Waals surface area contributed by atoms with Crippen LogP contribution in [0.5, 0.6) is 0 Å². The van der Waals surface area contributed by atoms with Crippen molar-refractivity contribution in [3.8, 4) is 0 Å². The summed E-state index contributed by atoms with van der Waals surface area (Å²) >= 11 is 0. The van der Waals surface area contributed by atoms with Gasteiger partial charge in [0.05, 0.1) is 12.5 Å². The van der Waals surface area contributed by atoms with Gasteiger partial charge in [0.15, 0.2) is 11.2 Å². The summed E-state index contributed by atoms with van der Waals surface area (Å²) in [4.78, 5) is 26.2. The van der Waals surface area contributed by atoms with Crippen LogP contribution in [0.25, 0.3) is 11.2 Å². The van der Waals surface area contributed by atoms with Crippen LogP contribution in [0, 0.1) is 0 Å². The number of hydrogen-bond acceptors (Lipinski definition) is 5. The van der Waals surface area contributed by atoms with Gasteiger partial charge in [-0.2, -0.15) is 0 Å². The molecule has 0 unspecified atom stereocenters. The first kappa shape index (κ1) is 10.4. The molecule has 0 fully saturated rings. The minimum Gasteiger partial charge on any atom is -0.339 e. The van der Waals surface area contributed by atoms with Gasteiger partial charge in [-0.25, -0.2) is 15.0 Å². The van der Waals surface area contributed by atoms with Crippen LogP contribution in [-0.2, 0) is 0 Å². The highest BCUT2D eigenvalue weighted by Crippen LogP contribution is 2.13. The summed E-state index contributed by atoms with van der Waals surface area (Å²) in [6, 6.07) is 9.54. The number of aromatic amines is 1. The van der Waals surface area contributed by atoms with Gasteiger partial charge in [-0.1, -0.05) is 18.2 Å². The Morgan fingerprint density at radius 3 is 2.78 bits per heavy atom. The third-order valence-corrected chi connectivity index (χ3v) is 2.40. The van der Waals surface area contributed by atoms with Crippen LogP contribution < -0.4 is 10.9 Å². The summed E-state index contributed by atoms with van der Waals surface area (Å²) in [5, 5.41) is 3.07. The van der Waals surface area contributed by atoms with E-state index in [1.807, 2.05) is 30.3 Å². The fourth-order valence-corrected chi connectivity index (χ4v) is 1.58. The van der Waals surface area contributed by atoms with Crippen molar-refractivity contribution in [3.63, 3.8) is 0 Å². The second-order valence-electron chi connectivity index (χ2n) is 3.65. The Hall–Kier alpha value is -2.76. The van der Waals surface area contributed by atoms with Crippen LogP contribution in [0.1, 0.15) is 0 Å². The molecular formula is C12H9N5O. The summed E-state index contributed by atoms with van der Waals surface area (Å²) in [5.41, 5.74) is 1.13.